The molecule has 0 radical (unpaired) electrons. The highest BCUT2D eigenvalue weighted by atomic mass is 16.5. The molecule has 0 unspecified atom stereocenters. The number of phenolic OH excluding ortho intramolecular Hbond substituents is 1. The molecule has 288 valence electrons. The lowest BCUT2D eigenvalue weighted by Crippen LogP contribution is -2.36. The minimum absolute atomic E-state index is 0.0988. The number of likely N-dealkylation sites (N-methyl/N-ethyl adjacent to an activating group) is 2. The Morgan fingerprint density at radius 2 is 1.20 bits per heavy atom. The highest BCUT2D eigenvalue weighted by Gasteiger charge is 2.40. The van der Waals surface area contributed by atoms with Crippen LogP contribution in [0.5, 0.6) is 63.2 Å². The van der Waals surface area contributed by atoms with E-state index in [4.69, 9.17) is 42.6 Å². The number of hydrogen-bond acceptors (Lipinski definition) is 12. The van der Waals surface area contributed by atoms with Crippen LogP contribution in [0.25, 0.3) is 11.1 Å². The molecule has 0 amide bonds. The van der Waals surface area contributed by atoms with Gasteiger partial charge < -0.3 is 47.7 Å². The van der Waals surface area contributed by atoms with Gasteiger partial charge in [-0.2, -0.15) is 0 Å². The van der Waals surface area contributed by atoms with Gasteiger partial charge in [-0.15, -0.1) is 0 Å². The molecular weight excluding hydrogens is 692 g/mol. The van der Waals surface area contributed by atoms with Crippen molar-refractivity contribution in [3.63, 3.8) is 0 Å². The van der Waals surface area contributed by atoms with E-state index in [1.807, 2.05) is 24.3 Å². The second kappa shape index (κ2) is 14.9. The van der Waals surface area contributed by atoms with Crippen molar-refractivity contribution >= 4 is 0 Å². The largest absolute Gasteiger partial charge is 0.504 e. The first-order valence-corrected chi connectivity index (χ1v) is 18.0. The summed E-state index contributed by atoms with van der Waals surface area (Å²) in [7, 11) is 17.2. The summed E-state index contributed by atoms with van der Waals surface area (Å²) in [6, 6.07) is 9.87. The topological polar surface area (TPSA) is 110 Å². The minimum Gasteiger partial charge on any atom is -0.504 e. The van der Waals surface area contributed by atoms with Crippen LogP contribution in [-0.4, -0.2) is 99.0 Å². The lowest BCUT2D eigenvalue weighted by Gasteiger charge is -2.41. The molecule has 2 atom stereocenters. The Labute approximate surface area is 316 Å². The molecule has 2 aliphatic heterocycles. The summed E-state index contributed by atoms with van der Waals surface area (Å²) in [4.78, 5) is 4.66. The lowest BCUT2D eigenvalue weighted by molar-refractivity contribution is 0.222. The van der Waals surface area contributed by atoms with E-state index in [9.17, 15) is 5.11 Å². The molecule has 2 heterocycles. The van der Waals surface area contributed by atoms with Gasteiger partial charge in [0.05, 0.1) is 56.9 Å². The van der Waals surface area contributed by atoms with Crippen molar-refractivity contribution in [2.75, 3.05) is 84.1 Å². The third-order valence-electron chi connectivity index (χ3n) is 11.4. The lowest BCUT2D eigenvalue weighted by atomic mass is 9.76. The molecule has 3 aliphatic rings. The van der Waals surface area contributed by atoms with Crippen molar-refractivity contribution in [2.24, 2.45) is 0 Å². The molecule has 7 rings (SSSR count). The van der Waals surface area contributed by atoms with Crippen LogP contribution in [0.4, 0.5) is 0 Å². The Balaban J connectivity index is 1.32. The maximum Gasteiger partial charge on any atom is 0.204 e. The maximum absolute atomic E-state index is 11.2. The number of rotatable bonds is 12. The first-order chi connectivity index (χ1) is 26.2. The van der Waals surface area contributed by atoms with Gasteiger partial charge in [0.25, 0.3) is 0 Å². The summed E-state index contributed by atoms with van der Waals surface area (Å²) >= 11 is 0. The third-order valence-corrected chi connectivity index (χ3v) is 11.4. The van der Waals surface area contributed by atoms with Gasteiger partial charge in [0.2, 0.25) is 11.5 Å². The Morgan fingerprint density at radius 3 is 1.85 bits per heavy atom. The van der Waals surface area contributed by atoms with Crippen LogP contribution in [0, 0.1) is 0 Å². The van der Waals surface area contributed by atoms with Gasteiger partial charge in [0.15, 0.2) is 46.0 Å². The molecule has 0 bridgehead atoms. The fourth-order valence-electron chi connectivity index (χ4n) is 8.64. The minimum atomic E-state index is -0.101. The van der Waals surface area contributed by atoms with Crippen LogP contribution in [0.3, 0.4) is 0 Å². The van der Waals surface area contributed by atoms with E-state index in [1.54, 1.807) is 49.8 Å². The van der Waals surface area contributed by atoms with Gasteiger partial charge in [-0.25, -0.2) is 0 Å². The Kier molecular flexibility index (Phi) is 10.3. The molecule has 1 aliphatic carbocycles. The summed E-state index contributed by atoms with van der Waals surface area (Å²) in [5, 5.41) is 11.2. The van der Waals surface area contributed by atoms with Crippen LogP contribution >= 0.6 is 0 Å². The molecule has 12 nitrogen and oxygen atoms in total. The smallest absolute Gasteiger partial charge is 0.204 e. The summed E-state index contributed by atoms with van der Waals surface area (Å²) in [5.74, 6) is 5.66. The Hall–Kier alpha value is -5.20. The molecule has 0 aromatic heterocycles. The quantitative estimate of drug-likeness (QED) is 0.165. The van der Waals surface area contributed by atoms with Crippen LogP contribution in [-0.2, 0) is 25.7 Å². The van der Waals surface area contributed by atoms with Crippen LogP contribution in [0.2, 0.25) is 0 Å². The molecule has 0 saturated heterocycles. The number of fused-ring (bicyclic) bond motifs is 3. The molecule has 4 aromatic rings. The van der Waals surface area contributed by atoms with Crippen LogP contribution in [0.15, 0.2) is 30.3 Å². The van der Waals surface area contributed by atoms with Gasteiger partial charge >= 0.3 is 0 Å². The van der Waals surface area contributed by atoms with E-state index in [0.29, 0.717) is 64.6 Å². The number of aromatic hydroxyl groups is 1. The van der Waals surface area contributed by atoms with E-state index in [0.717, 1.165) is 70.6 Å². The fraction of sp³-hybridized carbons (Fsp3) is 0.429. The third kappa shape index (κ3) is 5.92. The highest BCUT2D eigenvalue weighted by Crippen LogP contribution is 2.58. The second-order valence-electron chi connectivity index (χ2n) is 13.9. The molecule has 0 saturated carbocycles. The van der Waals surface area contributed by atoms with E-state index < -0.39 is 0 Å². The number of ether oxygens (including phenoxy) is 9. The first-order valence-electron chi connectivity index (χ1n) is 18.0. The monoisotopic (exact) mass is 742 g/mol. The molecule has 54 heavy (non-hydrogen) atoms. The van der Waals surface area contributed by atoms with Crippen LogP contribution in [0.1, 0.15) is 45.5 Å². The van der Waals surface area contributed by atoms with Crippen LogP contribution < -0.4 is 42.6 Å². The van der Waals surface area contributed by atoms with Crippen molar-refractivity contribution in [3.8, 4) is 74.4 Å². The molecule has 12 heteroatoms. The standard InChI is InChI=1S/C42H50N2O10/c1-43-13-11-24-27(20-35(49-6)40(51-8)38(24)45)28(43)16-23-18-34(32(48-5)21-30(23)46-3)54-33-17-22-15-29-36-25(12-14-44(29)2)39(50-7)42(53-10)41(52-9)37(36)26(22)19-31(33)47-4/h17-21,28-29,45H,11-16H2,1-10H3/t28-,29+/m0/s1. The highest BCUT2D eigenvalue weighted by molar-refractivity contribution is 5.87. The van der Waals surface area contributed by atoms with Crippen molar-refractivity contribution < 1.29 is 47.7 Å². The van der Waals surface area contributed by atoms with Gasteiger partial charge in [0, 0.05) is 47.9 Å². The predicted octanol–water partition coefficient (Wildman–Crippen LogP) is 6.78. The second-order valence-corrected chi connectivity index (χ2v) is 13.9. The normalized spacial score (nSPS) is 17.4. The first kappa shape index (κ1) is 37.1. The summed E-state index contributed by atoms with van der Waals surface area (Å²) in [6.07, 6.45) is 2.82. The zero-order valence-electron chi connectivity index (χ0n) is 32.8. The Bertz CT molecular complexity index is 2080. The van der Waals surface area contributed by atoms with Gasteiger partial charge in [-0.3, -0.25) is 9.80 Å². The summed E-state index contributed by atoms with van der Waals surface area (Å²) < 4.78 is 53.6. The van der Waals surface area contributed by atoms with E-state index in [-0.39, 0.29) is 17.8 Å². The van der Waals surface area contributed by atoms with Crippen molar-refractivity contribution in [1.82, 2.24) is 9.80 Å². The van der Waals surface area contributed by atoms with E-state index in [2.05, 4.69) is 30.0 Å². The summed E-state index contributed by atoms with van der Waals surface area (Å²) in [6.45, 7) is 1.63. The van der Waals surface area contributed by atoms with Gasteiger partial charge in [0.1, 0.15) is 5.75 Å². The Morgan fingerprint density at radius 1 is 0.593 bits per heavy atom. The van der Waals surface area contributed by atoms with Crippen molar-refractivity contribution in [3.05, 3.63) is 63.7 Å². The molecule has 0 fully saturated rings. The molecular formula is C42H50N2O10. The molecule has 4 aromatic carbocycles. The number of phenols is 1. The SMILES string of the molecule is COc1cc(OC)c(Oc2cc3c(cc2OC)-c2c(OC)c(OC)c(OC)c4c2[C@@H](C3)N(C)CC4)cc1C[C@H]1c2cc(OC)c(OC)c(O)c2CCN1C. The van der Waals surface area contributed by atoms with E-state index >= 15 is 0 Å². The number of nitrogens with zero attached hydrogens (tertiary/aromatic N) is 2. The average molecular weight is 743 g/mol. The number of methoxy groups -OCH3 is 8. The maximum atomic E-state index is 11.2. The summed E-state index contributed by atoms with van der Waals surface area (Å²) in [5.41, 5.74) is 8.13. The number of benzene rings is 4. The fourth-order valence-corrected chi connectivity index (χ4v) is 8.64. The van der Waals surface area contributed by atoms with Crippen molar-refractivity contribution in [1.29, 1.82) is 0 Å². The van der Waals surface area contributed by atoms with Gasteiger partial charge in [-0.1, -0.05) is 0 Å². The van der Waals surface area contributed by atoms with E-state index in [1.165, 1.54) is 12.7 Å². The average Bonchev–Trinajstić information content (AvgIpc) is 3.19. The number of hydrogen-bond donors (Lipinski definition) is 1. The predicted molar refractivity (Wildman–Crippen MR) is 204 cm³/mol. The molecule has 1 N–H and O–H groups in total. The zero-order valence-corrected chi connectivity index (χ0v) is 32.8. The zero-order chi connectivity index (χ0) is 38.4. The van der Waals surface area contributed by atoms with Gasteiger partial charge in [-0.05, 0) is 91.9 Å². The van der Waals surface area contributed by atoms with Crippen molar-refractivity contribution in [2.45, 2.75) is 37.8 Å². The molecule has 0 spiro atoms.